The first kappa shape index (κ1) is 17.5. The molecule has 0 spiro atoms. The third kappa shape index (κ3) is 7.03. The molecule has 2 nitrogen and oxygen atoms in total. The Labute approximate surface area is 114 Å². The molecule has 2 heteroatoms. The molecule has 1 aliphatic rings. The molecule has 108 valence electrons. The summed E-state index contributed by atoms with van der Waals surface area (Å²) in [6.45, 7) is 10.5. The zero-order valence-corrected chi connectivity index (χ0v) is 13.0. The molecule has 1 saturated heterocycles. The second kappa shape index (κ2) is 11.6. The van der Waals surface area contributed by atoms with Crippen LogP contribution in [0.4, 0.5) is 0 Å². The first-order valence-corrected chi connectivity index (χ1v) is 8.05. The van der Waals surface area contributed by atoms with Crippen molar-refractivity contribution in [3.63, 3.8) is 0 Å². The van der Waals surface area contributed by atoms with Crippen molar-refractivity contribution in [3.8, 4) is 0 Å². The van der Waals surface area contributed by atoms with Crippen LogP contribution < -0.4 is 0 Å². The van der Waals surface area contributed by atoms with Gasteiger partial charge in [0.2, 0.25) is 5.91 Å². The number of carbonyl (C=O) groups excluding carboxylic acids is 1. The number of piperidine rings is 1. The van der Waals surface area contributed by atoms with Crippen LogP contribution in [0.3, 0.4) is 0 Å². The minimum Gasteiger partial charge on any atom is -0.343 e. The van der Waals surface area contributed by atoms with Crippen molar-refractivity contribution < 1.29 is 4.79 Å². The van der Waals surface area contributed by atoms with Gasteiger partial charge in [-0.1, -0.05) is 53.4 Å². The van der Waals surface area contributed by atoms with Gasteiger partial charge in [-0.3, -0.25) is 4.79 Å². The van der Waals surface area contributed by atoms with Crippen molar-refractivity contribution >= 4 is 5.91 Å². The molecule has 0 bridgehead atoms. The lowest BCUT2D eigenvalue weighted by Crippen LogP contribution is -2.38. The SMILES string of the molecule is CC.CCCCCCC(=O)N1CCC(CC)CC1. The monoisotopic (exact) mass is 255 g/mol. The molecular weight excluding hydrogens is 222 g/mol. The number of likely N-dealkylation sites (tertiary alicyclic amines) is 1. The summed E-state index contributed by atoms with van der Waals surface area (Å²) in [5.74, 6) is 1.26. The van der Waals surface area contributed by atoms with Crippen molar-refractivity contribution in [2.45, 2.75) is 79.1 Å². The van der Waals surface area contributed by atoms with E-state index in [2.05, 4.69) is 18.7 Å². The second-order valence-electron chi connectivity index (χ2n) is 5.04. The van der Waals surface area contributed by atoms with E-state index in [9.17, 15) is 4.79 Å². The summed E-state index contributed by atoms with van der Waals surface area (Å²) in [5.41, 5.74) is 0. The van der Waals surface area contributed by atoms with Crippen LogP contribution >= 0.6 is 0 Å². The Morgan fingerprint density at radius 3 is 2.17 bits per heavy atom. The van der Waals surface area contributed by atoms with E-state index in [-0.39, 0.29) is 0 Å². The van der Waals surface area contributed by atoms with Gasteiger partial charge in [0.15, 0.2) is 0 Å². The molecule has 0 radical (unpaired) electrons. The molecule has 0 atom stereocenters. The Bertz CT molecular complexity index is 195. The normalized spacial score (nSPS) is 16.1. The maximum Gasteiger partial charge on any atom is 0.222 e. The Kier molecular flexibility index (Phi) is 11.2. The summed E-state index contributed by atoms with van der Waals surface area (Å²) in [5, 5.41) is 0. The number of hydrogen-bond donors (Lipinski definition) is 0. The maximum absolute atomic E-state index is 11.9. The van der Waals surface area contributed by atoms with Crippen LogP contribution in [-0.2, 0) is 4.79 Å². The first-order chi connectivity index (χ1) is 8.77. The standard InChI is InChI=1S/C14H27NO.C2H6/c1-3-5-6-7-8-14(16)15-11-9-13(4-2)10-12-15;1-2/h13H,3-12H2,1-2H3;1-2H3. The van der Waals surface area contributed by atoms with E-state index in [1.165, 1.54) is 38.5 Å². The largest absolute Gasteiger partial charge is 0.343 e. The molecule has 1 amide bonds. The summed E-state index contributed by atoms with van der Waals surface area (Å²) in [6, 6.07) is 0. The van der Waals surface area contributed by atoms with Gasteiger partial charge < -0.3 is 4.90 Å². The highest BCUT2D eigenvalue weighted by Crippen LogP contribution is 2.20. The topological polar surface area (TPSA) is 20.3 Å². The van der Waals surface area contributed by atoms with Gasteiger partial charge in [0.25, 0.3) is 0 Å². The third-order valence-electron chi connectivity index (χ3n) is 3.79. The minimum absolute atomic E-state index is 0.394. The fourth-order valence-corrected chi connectivity index (χ4v) is 2.45. The number of amides is 1. The zero-order valence-electron chi connectivity index (χ0n) is 13.0. The molecule has 0 aliphatic carbocycles. The highest BCUT2D eigenvalue weighted by molar-refractivity contribution is 5.76. The van der Waals surface area contributed by atoms with Gasteiger partial charge in [-0.15, -0.1) is 0 Å². The second-order valence-corrected chi connectivity index (χ2v) is 5.04. The van der Waals surface area contributed by atoms with Gasteiger partial charge >= 0.3 is 0 Å². The summed E-state index contributed by atoms with van der Waals surface area (Å²) < 4.78 is 0. The van der Waals surface area contributed by atoms with Crippen molar-refractivity contribution in [1.29, 1.82) is 0 Å². The molecule has 1 rings (SSSR count). The molecule has 0 N–H and O–H groups in total. The Balaban J connectivity index is 0.00000137. The lowest BCUT2D eigenvalue weighted by molar-refractivity contribution is -0.132. The average molecular weight is 255 g/mol. The van der Waals surface area contributed by atoms with Gasteiger partial charge in [-0.05, 0) is 25.2 Å². The quantitative estimate of drug-likeness (QED) is 0.634. The summed E-state index contributed by atoms with van der Waals surface area (Å²) in [4.78, 5) is 14.0. The predicted molar refractivity (Wildman–Crippen MR) is 79.7 cm³/mol. The molecular formula is C16H33NO. The minimum atomic E-state index is 0.394. The van der Waals surface area contributed by atoms with Crippen molar-refractivity contribution in [2.24, 2.45) is 5.92 Å². The van der Waals surface area contributed by atoms with E-state index in [1.54, 1.807) is 0 Å². The Morgan fingerprint density at radius 1 is 1.06 bits per heavy atom. The van der Waals surface area contributed by atoms with Crippen LogP contribution in [0.2, 0.25) is 0 Å². The van der Waals surface area contributed by atoms with Crippen LogP contribution in [0.25, 0.3) is 0 Å². The van der Waals surface area contributed by atoms with Gasteiger partial charge in [-0.2, -0.15) is 0 Å². The molecule has 0 aromatic rings. The van der Waals surface area contributed by atoms with Gasteiger partial charge in [0.1, 0.15) is 0 Å². The molecule has 0 aromatic heterocycles. The van der Waals surface area contributed by atoms with Gasteiger partial charge in [0, 0.05) is 19.5 Å². The van der Waals surface area contributed by atoms with E-state index < -0.39 is 0 Å². The number of nitrogens with zero attached hydrogens (tertiary/aromatic N) is 1. The van der Waals surface area contributed by atoms with Crippen LogP contribution in [0.5, 0.6) is 0 Å². The molecule has 1 heterocycles. The molecule has 18 heavy (non-hydrogen) atoms. The maximum atomic E-state index is 11.9. The lowest BCUT2D eigenvalue weighted by atomic mass is 9.94. The number of rotatable bonds is 6. The molecule has 0 aromatic carbocycles. The summed E-state index contributed by atoms with van der Waals surface area (Å²) in [7, 11) is 0. The van der Waals surface area contributed by atoms with Crippen molar-refractivity contribution in [2.75, 3.05) is 13.1 Å². The van der Waals surface area contributed by atoms with Gasteiger partial charge in [0.05, 0.1) is 0 Å². The van der Waals surface area contributed by atoms with E-state index in [0.29, 0.717) is 5.91 Å². The average Bonchev–Trinajstić information content (AvgIpc) is 2.45. The molecule has 1 fully saturated rings. The predicted octanol–water partition coefficient (Wildman–Crippen LogP) is 4.63. The summed E-state index contributed by atoms with van der Waals surface area (Å²) >= 11 is 0. The van der Waals surface area contributed by atoms with E-state index in [0.717, 1.165) is 31.8 Å². The van der Waals surface area contributed by atoms with Crippen LogP contribution in [-0.4, -0.2) is 23.9 Å². The van der Waals surface area contributed by atoms with E-state index in [4.69, 9.17) is 0 Å². The first-order valence-electron chi connectivity index (χ1n) is 8.05. The van der Waals surface area contributed by atoms with E-state index in [1.807, 2.05) is 13.8 Å². The van der Waals surface area contributed by atoms with Crippen LogP contribution in [0, 0.1) is 5.92 Å². The van der Waals surface area contributed by atoms with Crippen molar-refractivity contribution in [1.82, 2.24) is 4.90 Å². The smallest absolute Gasteiger partial charge is 0.222 e. The number of unbranched alkanes of at least 4 members (excludes halogenated alkanes) is 3. The Morgan fingerprint density at radius 2 is 1.67 bits per heavy atom. The van der Waals surface area contributed by atoms with Crippen LogP contribution in [0.15, 0.2) is 0 Å². The lowest BCUT2D eigenvalue weighted by Gasteiger charge is -2.31. The van der Waals surface area contributed by atoms with Gasteiger partial charge in [-0.25, -0.2) is 0 Å². The molecule has 1 aliphatic heterocycles. The zero-order chi connectivity index (χ0) is 13.8. The molecule has 0 saturated carbocycles. The Hall–Kier alpha value is -0.530. The van der Waals surface area contributed by atoms with E-state index >= 15 is 0 Å². The fraction of sp³-hybridized carbons (Fsp3) is 0.938. The fourth-order valence-electron chi connectivity index (χ4n) is 2.45. The number of hydrogen-bond acceptors (Lipinski definition) is 1. The highest BCUT2D eigenvalue weighted by atomic mass is 16.2. The third-order valence-corrected chi connectivity index (χ3v) is 3.79. The van der Waals surface area contributed by atoms with Crippen molar-refractivity contribution in [3.05, 3.63) is 0 Å². The summed E-state index contributed by atoms with van der Waals surface area (Å²) in [6.07, 6.45) is 9.30. The molecule has 0 unspecified atom stereocenters. The highest BCUT2D eigenvalue weighted by Gasteiger charge is 2.20. The number of carbonyl (C=O) groups is 1. The van der Waals surface area contributed by atoms with Crippen LogP contribution in [0.1, 0.15) is 79.1 Å².